The molecule has 0 saturated carbocycles. The van der Waals surface area contributed by atoms with Gasteiger partial charge in [-0.1, -0.05) is 25.7 Å². The number of likely N-dealkylation sites (tertiary alicyclic amines) is 1. The zero-order valence-electron chi connectivity index (χ0n) is 12.2. The van der Waals surface area contributed by atoms with E-state index in [0.29, 0.717) is 11.0 Å². The molecule has 3 heteroatoms. The molecule has 108 valence electrons. The molecule has 0 aliphatic carbocycles. The number of nitrogens with zero attached hydrogens (tertiary/aromatic N) is 1. The van der Waals surface area contributed by atoms with Crippen molar-refractivity contribution in [2.45, 2.75) is 33.2 Å². The highest BCUT2D eigenvalue weighted by Gasteiger charge is 2.26. The minimum atomic E-state index is -0.263. The van der Waals surface area contributed by atoms with Crippen molar-refractivity contribution in [1.29, 1.82) is 0 Å². The quantitative estimate of drug-likeness (QED) is 0.839. The normalized spacial score (nSPS) is 18.4. The molecule has 0 radical (unpaired) electrons. The fraction of sp³-hybridized carbons (Fsp3) is 0.529. The molecule has 1 aliphatic heterocycles. The third-order valence-electron chi connectivity index (χ3n) is 3.66. The van der Waals surface area contributed by atoms with Gasteiger partial charge in [0.1, 0.15) is 12.4 Å². The first kappa shape index (κ1) is 15.0. The molecule has 20 heavy (non-hydrogen) atoms. The van der Waals surface area contributed by atoms with Crippen molar-refractivity contribution in [3.63, 3.8) is 0 Å². The lowest BCUT2D eigenvalue weighted by Gasteiger charge is -2.38. The highest BCUT2D eigenvalue weighted by atomic mass is 19.1. The summed E-state index contributed by atoms with van der Waals surface area (Å²) in [4.78, 5) is 2.38. The van der Waals surface area contributed by atoms with Crippen LogP contribution in [0.1, 0.15) is 37.8 Å². The van der Waals surface area contributed by atoms with Crippen LogP contribution < -0.4 is 0 Å². The SMILES string of the molecule is CC1(C)CCCN(Cc2cc(F)cc(C#CCO)c2)C1. The van der Waals surface area contributed by atoms with Crippen LogP contribution >= 0.6 is 0 Å². The second-order valence-corrected chi connectivity index (χ2v) is 6.29. The molecular weight excluding hydrogens is 253 g/mol. The van der Waals surface area contributed by atoms with Gasteiger partial charge in [0.25, 0.3) is 0 Å². The molecule has 1 saturated heterocycles. The third-order valence-corrected chi connectivity index (χ3v) is 3.66. The zero-order valence-corrected chi connectivity index (χ0v) is 12.2. The Morgan fingerprint density at radius 1 is 1.35 bits per heavy atom. The van der Waals surface area contributed by atoms with Crippen molar-refractivity contribution in [3.8, 4) is 11.8 Å². The smallest absolute Gasteiger partial charge is 0.124 e. The number of aliphatic hydroxyl groups excluding tert-OH is 1. The molecule has 1 aromatic rings. The van der Waals surface area contributed by atoms with E-state index in [4.69, 9.17) is 5.11 Å². The Balaban J connectivity index is 2.11. The Bertz CT molecular complexity index is 528. The summed E-state index contributed by atoms with van der Waals surface area (Å²) in [6.07, 6.45) is 2.44. The van der Waals surface area contributed by atoms with Gasteiger partial charge in [0.15, 0.2) is 0 Å². The third kappa shape index (κ3) is 4.33. The zero-order chi connectivity index (χ0) is 14.6. The summed E-state index contributed by atoms with van der Waals surface area (Å²) >= 11 is 0. The average molecular weight is 275 g/mol. The van der Waals surface area contributed by atoms with Crippen LogP contribution in [0.25, 0.3) is 0 Å². The molecule has 0 aromatic heterocycles. The Morgan fingerprint density at radius 2 is 2.15 bits per heavy atom. The standard InChI is InChI=1S/C17H22FNO/c1-17(2)6-4-7-19(13-17)12-15-9-14(5-3-8-20)10-16(18)11-15/h9-11,20H,4,6-8,12-13H2,1-2H3. The van der Waals surface area contributed by atoms with Crippen LogP contribution in [0.4, 0.5) is 4.39 Å². The fourth-order valence-corrected chi connectivity index (χ4v) is 2.89. The Hall–Kier alpha value is -1.37. The van der Waals surface area contributed by atoms with E-state index in [1.165, 1.54) is 18.9 Å². The van der Waals surface area contributed by atoms with Crippen LogP contribution in [0.3, 0.4) is 0 Å². The lowest BCUT2D eigenvalue weighted by Crippen LogP contribution is -2.39. The summed E-state index contributed by atoms with van der Waals surface area (Å²) in [7, 11) is 0. The van der Waals surface area contributed by atoms with Gasteiger partial charge in [0.2, 0.25) is 0 Å². The first-order chi connectivity index (χ1) is 9.48. The maximum atomic E-state index is 13.6. The molecule has 0 amide bonds. The maximum Gasteiger partial charge on any atom is 0.124 e. The largest absolute Gasteiger partial charge is 0.384 e. The number of benzene rings is 1. The van der Waals surface area contributed by atoms with Gasteiger partial charge >= 0.3 is 0 Å². The molecule has 1 heterocycles. The number of halogens is 1. The first-order valence-electron chi connectivity index (χ1n) is 7.10. The second kappa shape index (κ2) is 6.39. The van der Waals surface area contributed by atoms with Gasteiger partial charge in [-0.05, 0) is 48.6 Å². The van der Waals surface area contributed by atoms with Crippen molar-refractivity contribution in [1.82, 2.24) is 4.90 Å². The summed E-state index contributed by atoms with van der Waals surface area (Å²) in [5.74, 6) is 5.07. The average Bonchev–Trinajstić information content (AvgIpc) is 2.34. The molecule has 0 spiro atoms. The number of aliphatic hydroxyl groups is 1. The molecule has 1 aliphatic rings. The van der Waals surface area contributed by atoms with Crippen LogP contribution in [0.5, 0.6) is 0 Å². The molecule has 0 atom stereocenters. The van der Waals surface area contributed by atoms with Crippen molar-refractivity contribution in [2.75, 3.05) is 19.7 Å². The monoisotopic (exact) mass is 275 g/mol. The van der Waals surface area contributed by atoms with E-state index in [9.17, 15) is 4.39 Å². The first-order valence-corrected chi connectivity index (χ1v) is 7.10. The van der Waals surface area contributed by atoms with E-state index in [-0.39, 0.29) is 12.4 Å². The lowest BCUT2D eigenvalue weighted by molar-refractivity contribution is 0.111. The van der Waals surface area contributed by atoms with Crippen molar-refractivity contribution >= 4 is 0 Å². The summed E-state index contributed by atoms with van der Waals surface area (Å²) in [6.45, 7) is 7.23. The fourth-order valence-electron chi connectivity index (χ4n) is 2.89. The van der Waals surface area contributed by atoms with Gasteiger partial charge in [0, 0.05) is 18.7 Å². The van der Waals surface area contributed by atoms with Gasteiger partial charge in [-0.15, -0.1) is 0 Å². The Labute approximate surface area is 120 Å². The van der Waals surface area contributed by atoms with Gasteiger partial charge in [-0.3, -0.25) is 4.90 Å². The van der Waals surface area contributed by atoms with Crippen LogP contribution in [0.15, 0.2) is 18.2 Å². The minimum absolute atomic E-state index is 0.202. The Kier molecular flexibility index (Phi) is 4.80. The van der Waals surface area contributed by atoms with Crippen LogP contribution in [0.2, 0.25) is 0 Å². The molecule has 2 nitrogen and oxygen atoms in total. The van der Waals surface area contributed by atoms with E-state index in [0.717, 1.165) is 25.2 Å². The molecule has 1 N–H and O–H groups in total. The van der Waals surface area contributed by atoms with Crippen LogP contribution in [0, 0.1) is 23.1 Å². The number of rotatable bonds is 2. The predicted molar refractivity (Wildman–Crippen MR) is 78.7 cm³/mol. The summed E-state index contributed by atoms with van der Waals surface area (Å²) in [5, 5.41) is 8.71. The van der Waals surface area contributed by atoms with Gasteiger partial charge in [-0.25, -0.2) is 4.39 Å². The lowest BCUT2D eigenvalue weighted by atomic mass is 9.84. The van der Waals surface area contributed by atoms with Gasteiger partial charge in [0.05, 0.1) is 0 Å². The minimum Gasteiger partial charge on any atom is -0.384 e. The van der Waals surface area contributed by atoms with Crippen molar-refractivity contribution in [2.24, 2.45) is 5.41 Å². The van der Waals surface area contributed by atoms with E-state index in [1.807, 2.05) is 6.07 Å². The van der Waals surface area contributed by atoms with Crippen LogP contribution in [-0.4, -0.2) is 29.7 Å². The number of hydrogen-bond donors (Lipinski definition) is 1. The maximum absolute atomic E-state index is 13.6. The summed E-state index contributed by atoms with van der Waals surface area (Å²) in [6, 6.07) is 4.89. The molecular formula is C17H22FNO. The summed E-state index contributed by atoms with van der Waals surface area (Å²) < 4.78 is 13.6. The van der Waals surface area contributed by atoms with E-state index in [2.05, 4.69) is 30.6 Å². The molecule has 2 rings (SSSR count). The Morgan fingerprint density at radius 3 is 2.85 bits per heavy atom. The van der Waals surface area contributed by atoms with E-state index in [1.54, 1.807) is 6.07 Å². The summed E-state index contributed by atoms with van der Waals surface area (Å²) in [5.41, 5.74) is 1.92. The highest BCUT2D eigenvalue weighted by molar-refractivity contribution is 5.37. The number of piperidine rings is 1. The van der Waals surface area contributed by atoms with Crippen molar-refractivity contribution in [3.05, 3.63) is 35.1 Å². The molecule has 0 unspecified atom stereocenters. The molecule has 0 bridgehead atoms. The number of hydrogen-bond acceptors (Lipinski definition) is 2. The highest BCUT2D eigenvalue weighted by Crippen LogP contribution is 2.29. The van der Waals surface area contributed by atoms with E-state index >= 15 is 0 Å². The second-order valence-electron chi connectivity index (χ2n) is 6.29. The van der Waals surface area contributed by atoms with Gasteiger partial charge in [-0.2, -0.15) is 0 Å². The topological polar surface area (TPSA) is 23.5 Å². The molecule has 1 fully saturated rings. The van der Waals surface area contributed by atoms with Crippen LogP contribution in [-0.2, 0) is 6.54 Å². The van der Waals surface area contributed by atoms with Gasteiger partial charge < -0.3 is 5.11 Å². The van der Waals surface area contributed by atoms with E-state index < -0.39 is 0 Å². The van der Waals surface area contributed by atoms with Crippen molar-refractivity contribution < 1.29 is 9.50 Å². The molecule has 1 aromatic carbocycles. The predicted octanol–water partition coefficient (Wildman–Crippen LogP) is 2.79.